The molecule has 0 aliphatic heterocycles. The normalized spacial score (nSPS) is 40.3. The Labute approximate surface area is 220 Å². The SMILES string of the molecule is C/C(Cl)=C(/C)C(=O)O[C@H]1CC[C@@]2(C)C(=CC[C@H]3[C@H]4CC[C@H]([C@H](C)CCCC(C)C)[C@@]4(C)CC[C@@H]32)C1. The van der Waals surface area contributed by atoms with E-state index in [2.05, 4.69) is 40.7 Å². The Bertz CT molecular complexity index is 852. The van der Waals surface area contributed by atoms with Gasteiger partial charge in [-0.3, -0.25) is 0 Å². The van der Waals surface area contributed by atoms with Crippen molar-refractivity contribution < 1.29 is 9.53 Å². The van der Waals surface area contributed by atoms with Crippen LogP contribution in [0.2, 0.25) is 0 Å². The van der Waals surface area contributed by atoms with Crippen molar-refractivity contribution in [2.24, 2.45) is 46.3 Å². The van der Waals surface area contributed by atoms with Gasteiger partial charge in [0.2, 0.25) is 0 Å². The van der Waals surface area contributed by atoms with E-state index in [1.807, 2.05) is 0 Å². The predicted molar refractivity (Wildman–Crippen MR) is 147 cm³/mol. The lowest BCUT2D eigenvalue weighted by atomic mass is 9.47. The Balaban J connectivity index is 1.44. The van der Waals surface area contributed by atoms with Crippen LogP contribution >= 0.6 is 11.6 Å². The van der Waals surface area contributed by atoms with Gasteiger partial charge in [-0.25, -0.2) is 4.79 Å². The molecule has 0 aromatic carbocycles. The lowest BCUT2D eigenvalue weighted by Crippen LogP contribution is -2.51. The van der Waals surface area contributed by atoms with Crippen LogP contribution in [0.4, 0.5) is 0 Å². The third-order valence-electron chi connectivity index (χ3n) is 11.4. The second kappa shape index (κ2) is 10.5. The molecule has 198 valence electrons. The zero-order valence-electron chi connectivity index (χ0n) is 23.6. The van der Waals surface area contributed by atoms with Gasteiger partial charge in [-0.05, 0) is 105 Å². The van der Waals surface area contributed by atoms with Crippen LogP contribution < -0.4 is 0 Å². The molecule has 0 heterocycles. The average Bonchev–Trinajstić information content (AvgIpc) is 3.15. The van der Waals surface area contributed by atoms with E-state index < -0.39 is 0 Å². The zero-order chi connectivity index (χ0) is 25.5. The number of fused-ring (bicyclic) bond motifs is 5. The molecule has 0 amide bonds. The molecule has 0 bridgehead atoms. The number of esters is 1. The molecule has 0 saturated heterocycles. The van der Waals surface area contributed by atoms with Crippen LogP contribution in [-0.2, 0) is 9.53 Å². The molecule has 0 aromatic heterocycles. The molecule has 2 nitrogen and oxygen atoms in total. The summed E-state index contributed by atoms with van der Waals surface area (Å²) >= 11 is 6.04. The van der Waals surface area contributed by atoms with Gasteiger partial charge in [-0.2, -0.15) is 0 Å². The number of halogens is 1. The third-order valence-corrected chi connectivity index (χ3v) is 11.6. The van der Waals surface area contributed by atoms with Crippen molar-refractivity contribution in [3.05, 3.63) is 22.3 Å². The molecule has 4 aliphatic carbocycles. The minimum Gasteiger partial charge on any atom is -0.459 e. The summed E-state index contributed by atoms with van der Waals surface area (Å²) in [5, 5.41) is 0.532. The van der Waals surface area contributed by atoms with Crippen LogP contribution in [0.1, 0.15) is 119 Å². The van der Waals surface area contributed by atoms with Crippen molar-refractivity contribution in [3.8, 4) is 0 Å². The van der Waals surface area contributed by atoms with E-state index in [0.717, 1.165) is 54.8 Å². The standard InChI is InChI=1S/C32H51ClO2/c1-20(2)9-8-10-21(3)27-13-14-28-26-12-11-24-19-25(35-30(34)22(4)23(5)33)15-17-31(24,6)29(26)16-18-32(27,28)7/h11,20-21,25-29H,8-10,12-19H2,1-7H3/b23-22+/t21-,25+,26+,27-,28-,29+,31+,32-/m1/s1. The molecular weight excluding hydrogens is 452 g/mol. The first-order valence-electron chi connectivity index (χ1n) is 14.7. The second-order valence-corrected chi connectivity index (χ2v) is 14.3. The summed E-state index contributed by atoms with van der Waals surface area (Å²) in [6, 6.07) is 0. The number of carbonyl (C=O) groups excluding carboxylic acids is 1. The molecule has 4 rings (SSSR count). The van der Waals surface area contributed by atoms with E-state index in [4.69, 9.17) is 16.3 Å². The van der Waals surface area contributed by atoms with Gasteiger partial charge in [0.1, 0.15) is 6.10 Å². The summed E-state index contributed by atoms with van der Waals surface area (Å²) in [5.41, 5.74) is 2.95. The van der Waals surface area contributed by atoms with E-state index >= 15 is 0 Å². The maximum absolute atomic E-state index is 12.5. The molecule has 0 spiro atoms. The van der Waals surface area contributed by atoms with E-state index in [0.29, 0.717) is 21.4 Å². The van der Waals surface area contributed by atoms with Crippen molar-refractivity contribution in [2.75, 3.05) is 0 Å². The number of carbonyl (C=O) groups is 1. The van der Waals surface area contributed by atoms with E-state index in [1.165, 1.54) is 51.4 Å². The molecule has 3 saturated carbocycles. The summed E-state index contributed by atoms with van der Waals surface area (Å²) < 4.78 is 5.90. The monoisotopic (exact) mass is 502 g/mol. The van der Waals surface area contributed by atoms with Gasteiger partial charge in [0.05, 0.1) is 0 Å². The summed E-state index contributed by atoms with van der Waals surface area (Å²) in [6.07, 6.45) is 16.8. The Morgan fingerprint density at radius 1 is 1.06 bits per heavy atom. The highest BCUT2D eigenvalue weighted by Gasteiger charge is 2.59. The summed E-state index contributed by atoms with van der Waals surface area (Å²) in [6.45, 7) is 16.0. The number of hydrogen-bond acceptors (Lipinski definition) is 2. The number of allylic oxidation sites excluding steroid dienone is 2. The highest BCUT2D eigenvalue weighted by atomic mass is 35.5. The van der Waals surface area contributed by atoms with Gasteiger partial charge in [0, 0.05) is 17.0 Å². The van der Waals surface area contributed by atoms with Gasteiger partial charge >= 0.3 is 5.97 Å². The van der Waals surface area contributed by atoms with Gasteiger partial charge in [0.25, 0.3) is 0 Å². The Kier molecular flexibility index (Phi) is 8.22. The fourth-order valence-electron chi connectivity index (χ4n) is 9.13. The molecule has 0 unspecified atom stereocenters. The van der Waals surface area contributed by atoms with Gasteiger partial charge in [0.15, 0.2) is 0 Å². The topological polar surface area (TPSA) is 26.3 Å². The minimum absolute atomic E-state index is 0.000692. The fourth-order valence-corrected chi connectivity index (χ4v) is 9.21. The number of ether oxygens (including phenoxy) is 1. The number of hydrogen-bond donors (Lipinski definition) is 0. The molecule has 4 aliphatic rings. The first-order chi connectivity index (χ1) is 16.5. The van der Waals surface area contributed by atoms with E-state index in [9.17, 15) is 4.79 Å². The highest BCUT2D eigenvalue weighted by molar-refractivity contribution is 6.31. The largest absolute Gasteiger partial charge is 0.459 e. The van der Waals surface area contributed by atoms with Crippen molar-refractivity contribution in [2.45, 2.75) is 125 Å². The second-order valence-electron chi connectivity index (χ2n) is 13.7. The maximum atomic E-state index is 12.5. The van der Waals surface area contributed by atoms with E-state index in [1.54, 1.807) is 19.4 Å². The molecule has 8 atom stereocenters. The minimum atomic E-state index is -0.242. The molecule has 35 heavy (non-hydrogen) atoms. The van der Waals surface area contributed by atoms with Crippen molar-refractivity contribution in [1.82, 2.24) is 0 Å². The summed E-state index contributed by atoms with van der Waals surface area (Å²) in [7, 11) is 0. The lowest BCUT2D eigenvalue weighted by molar-refractivity contribution is -0.146. The van der Waals surface area contributed by atoms with Gasteiger partial charge < -0.3 is 4.74 Å². The Hall–Kier alpha value is -0.760. The van der Waals surface area contributed by atoms with Crippen LogP contribution in [0.25, 0.3) is 0 Å². The quantitative estimate of drug-likeness (QED) is 0.197. The average molecular weight is 503 g/mol. The molecule has 3 heteroatoms. The summed E-state index contributed by atoms with van der Waals surface area (Å²) in [4.78, 5) is 12.5. The fraction of sp³-hybridized carbons (Fsp3) is 0.844. The first kappa shape index (κ1) is 27.3. The molecule has 0 aromatic rings. The Morgan fingerprint density at radius 3 is 2.49 bits per heavy atom. The zero-order valence-corrected chi connectivity index (χ0v) is 24.3. The lowest BCUT2D eigenvalue weighted by Gasteiger charge is -2.58. The molecule has 0 N–H and O–H groups in total. The Morgan fingerprint density at radius 2 is 1.80 bits per heavy atom. The third kappa shape index (κ3) is 5.17. The smallest absolute Gasteiger partial charge is 0.335 e. The van der Waals surface area contributed by atoms with Crippen LogP contribution in [0.5, 0.6) is 0 Å². The number of rotatable bonds is 7. The first-order valence-corrected chi connectivity index (χ1v) is 15.1. The molecular formula is C32H51ClO2. The summed E-state index contributed by atoms with van der Waals surface area (Å²) in [5.74, 6) is 4.91. The van der Waals surface area contributed by atoms with Crippen LogP contribution in [0.3, 0.4) is 0 Å². The van der Waals surface area contributed by atoms with Crippen LogP contribution in [0.15, 0.2) is 22.3 Å². The maximum Gasteiger partial charge on any atom is 0.335 e. The van der Waals surface area contributed by atoms with E-state index in [-0.39, 0.29) is 12.1 Å². The van der Waals surface area contributed by atoms with Gasteiger partial charge in [-0.15, -0.1) is 0 Å². The van der Waals surface area contributed by atoms with Crippen LogP contribution in [-0.4, -0.2) is 12.1 Å². The van der Waals surface area contributed by atoms with Gasteiger partial charge in [-0.1, -0.05) is 77.1 Å². The molecule has 0 radical (unpaired) electrons. The highest BCUT2D eigenvalue weighted by Crippen LogP contribution is 2.67. The van der Waals surface area contributed by atoms with Crippen molar-refractivity contribution in [1.29, 1.82) is 0 Å². The molecule has 3 fully saturated rings. The predicted octanol–water partition coefficient (Wildman–Crippen LogP) is 9.47. The van der Waals surface area contributed by atoms with Crippen LogP contribution in [0, 0.1) is 46.3 Å². The van der Waals surface area contributed by atoms with Crippen molar-refractivity contribution in [3.63, 3.8) is 0 Å². The van der Waals surface area contributed by atoms with Crippen molar-refractivity contribution >= 4 is 17.6 Å².